The summed E-state index contributed by atoms with van der Waals surface area (Å²) in [5.41, 5.74) is 17.4. The molecular formula is C50H42Cl2HfN2Si. The van der Waals surface area contributed by atoms with Gasteiger partial charge in [-0.3, -0.25) is 0 Å². The second-order valence-corrected chi connectivity index (χ2v) is 41.4. The Bertz CT molecular complexity index is 2700. The maximum absolute atomic E-state index is 2.73. The fourth-order valence-electron chi connectivity index (χ4n) is 10.6. The number of rotatable bonds is 6. The quantitative estimate of drug-likeness (QED) is 0.157. The zero-order valence-electron chi connectivity index (χ0n) is 31.6. The molecule has 6 heteroatoms. The van der Waals surface area contributed by atoms with Crippen molar-refractivity contribution < 1.29 is 44.9 Å². The van der Waals surface area contributed by atoms with E-state index < -0.39 is 25.6 Å². The largest absolute Gasteiger partial charge is 1.00 e. The van der Waals surface area contributed by atoms with E-state index in [1.807, 2.05) is 11.1 Å². The predicted molar refractivity (Wildman–Crippen MR) is 226 cm³/mol. The van der Waals surface area contributed by atoms with Gasteiger partial charge >= 0.3 is 327 Å². The third kappa shape index (κ3) is 5.35. The van der Waals surface area contributed by atoms with Crippen molar-refractivity contribution in [1.82, 2.24) is 9.13 Å². The zero-order chi connectivity index (χ0) is 35.7. The van der Waals surface area contributed by atoms with Crippen LogP contribution in [-0.2, 0) is 20.1 Å². The van der Waals surface area contributed by atoms with Crippen molar-refractivity contribution in [3.05, 3.63) is 167 Å². The van der Waals surface area contributed by atoms with Crippen LogP contribution in [0.2, 0.25) is 13.1 Å². The van der Waals surface area contributed by atoms with E-state index in [0.29, 0.717) is 7.35 Å². The molecule has 2 unspecified atom stereocenters. The normalized spacial score (nSPS) is 18.2. The second-order valence-electron chi connectivity index (χ2n) is 16.5. The van der Waals surface area contributed by atoms with Gasteiger partial charge in [0.05, 0.1) is 0 Å². The number of halogens is 2. The third-order valence-corrected chi connectivity index (χ3v) is 40.5. The van der Waals surface area contributed by atoms with Crippen molar-refractivity contribution in [3.8, 4) is 11.4 Å². The number of nitrogens with zero attached hydrogens (tertiary/aromatic N) is 2. The molecule has 2 heterocycles. The van der Waals surface area contributed by atoms with Gasteiger partial charge in [-0.25, -0.2) is 0 Å². The fourth-order valence-corrected chi connectivity index (χ4v) is 39.7. The average molecular weight is 948 g/mol. The second kappa shape index (κ2) is 13.9. The Morgan fingerprint density at radius 3 is 1.11 bits per heavy atom. The maximum Gasteiger partial charge on any atom is -1.00 e. The van der Waals surface area contributed by atoms with Crippen LogP contribution in [-0.4, -0.2) is 14.6 Å². The van der Waals surface area contributed by atoms with Crippen LogP contribution in [0.15, 0.2) is 145 Å². The molecule has 4 aliphatic carbocycles. The van der Waals surface area contributed by atoms with Gasteiger partial charge in [-0.15, -0.1) is 0 Å². The first kappa shape index (κ1) is 36.4. The summed E-state index contributed by atoms with van der Waals surface area (Å²) in [7, 11) is 0. The van der Waals surface area contributed by atoms with E-state index in [9.17, 15) is 0 Å². The Kier molecular flexibility index (Phi) is 9.02. The van der Waals surface area contributed by atoms with Crippen LogP contribution in [0.4, 0.5) is 0 Å². The first-order chi connectivity index (χ1) is 26.7. The van der Waals surface area contributed by atoms with Crippen LogP contribution in [0.5, 0.6) is 0 Å². The number of benzene rings is 6. The van der Waals surface area contributed by atoms with Crippen LogP contribution in [0.25, 0.3) is 67.1 Å². The summed E-state index contributed by atoms with van der Waals surface area (Å²) in [6.07, 6.45) is 10.9. The van der Waals surface area contributed by atoms with E-state index in [-0.39, 0.29) is 24.8 Å². The molecule has 4 aliphatic rings. The number of aromatic nitrogens is 2. The molecule has 2 fully saturated rings. The summed E-state index contributed by atoms with van der Waals surface area (Å²) in [4.78, 5) is 0. The molecule has 56 heavy (non-hydrogen) atoms. The molecule has 6 aromatic carbocycles. The average Bonchev–Trinajstić information content (AvgIpc) is 4.11. The Labute approximate surface area is 348 Å². The van der Waals surface area contributed by atoms with E-state index in [1.54, 1.807) is 11.1 Å². The molecule has 8 aromatic rings. The van der Waals surface area contributed by atoms with Crippen LogP contribution >= 0.6 is 0 Å². The Morgan fingerprint density at radius 1 is 0.446 bits per heavy atom. The first-order valence-electron chi connectivity index (χ1n) is 20.0. The Morgan fingerprint density at radius 2 is 0.786 bits per heavy atom. The van der Waals surface area contributed by atoms with Gasteiger partial charge in [0.25, 0.3) is 0 Å². The Balaban J connectivity index is 0.00000192. The maximum atomic E-state index is 2.73. The van der Waals surface area contributed by atoms with Gasteiger partial charge in [0.1, 0.15) is 0 Å². The van der Waals surface area contributed by atoms with Crippen LogP contribution in [0.3, 0.4) is 0 Å². The SMILES string of the molecule is C[Si](C)=[Hf+2]([CH]1C(C2CC2)=Cc2c1cccc2-n1c2ccccc2c2ccccc21)[CH]1C(C2CC2)=Cc2c1cccc2-n1c2ccccc2c2ccccc21.[Cl-].[Cl-]. The molecule has 0 aliphatic heterocycles. The summed E-state index contributed by atoms with van der Waals surface area (Å²) in [5.74, 6) is 1.51. The zero-order valence-corrected chi connectivity index (χ0v) is 37.7. The molecule has 0 N–H and O–H groups in total. The summed E-state index contributed by atoms with van der Waals surface area (Å²) in [6.45, 7) is 5.43. The molecule has 2 saturated carbocycles. The van der Waals surface area contributed by atoms with Crippen molar-refractivity contribution in [1.29, 1.82) is 0 Å². The standard InChI is InChI=1S/2C24H18N.C2H6Si.2ClH.Hf/c2*1-3-9-22-19(7-1)20-8-2-4-10-23(20)25(22)24-11-5-6-17-14-18(15-21(17)24)16-12-13-16;1-3-2;;;/h2*1-11,14-16H,12-13H2;1-2H3;2*1H;/q;;;;;+2/p-2. The third-order valence-electron chi connectivity index (χ3n) is 13.1. The number of fused-ring (bicyclic) bond motifs is 8. The molecule has 12 rings (SSSR count). The molecule has 2 atom stereocenters. The minimum Gasteiger partial charge on any atom is -1.00 e. The van der Waals surface area contributed by atoms with E-state index in [1.165, 1.54) is 91.8 Å². The van der Waals surface area contributed by atoms with Crippen LogP contribution in [0, 0.1) is 11.8 Å². The summed E-state index contributed by atoms with van der Waals surface area (Å²) in [5, 5.41) is 5.38. The van der Waals surface area contributed by atoms with Crippen molar-refractivity contribution in [2.75, 3.05) is 0 Å². The van der Waals surface area contributed by atoms with E-state index in [0.717, 1.165) is 11.8 Å². The summed E-state index contributed by atoms with van der Waals surface area (Å²) >= 11 is -2.58. The molecule has 0 saturated heterocycles. The smallest absolute Gasteiger partial charge is 1.00 e. The molecule has 0 amide bonds. The summed E-state index contributed by atoms with van der Waals surface area (Å²) < 4.78 is 6.48. The topological polar surface area (TPSA) is 9.86 Å². The molecule has 0 bridgehead atoms. The fraction of sp³-hybridized carbons (Fsp3) is 0.200. The first-order valence-corrected chi connectivity index (χ1v) is 32.0. The number of hydrogen-bond acceptors (Lipinski definition) is 0. The van der Waals surface area contributed by atoms with Crippen molar-refractivity contribution >= 4 is 61.3 Å². The van der Waals surface area contributed by atoms with Crippen LogP contribution in [0.1, 0.15) is 55.3 Å². The van der Waals surface area contributed by atoms with E-state index in [4.69, 9.17) is 0 Å². The van der Waals surface area contributed by atoms with E-state index >= 15 is 0 Å². The minimum absolute atomic E-state index is 0. The van der Waals surface area contributed by atoms with Gasteiger partial charge in [-0.1, -0.05) is 0 Å². The number of allylic oxidation sites excluding steroid dienone is 2. The molecule has 2 nitrogen and oxygen atoms in total. The van der Waals surface area contributed by atoms with Crippen molar-refractivity contribution in [2.45, 2.75) is 46.1 Å². The monoisotopic (exact) mass is 948 g/mol. The predicted octanol–water partition coefficient (Wildman–Crippen LogP) is 7.15. The van der Waals surface area contributed by atoms with Crippen molar-refractivity contribution in [3.63, 3.8) is 0 Å². The van der Waals surface area contributed by atoms with Gasteiger partial charge in [-0.2, -0.15) is 0 Å². The Hall–Kier alpha value is -3.93. The van der Waals surface area contributed by atoms with Crippen molar-refractivity contribution in [2.24, 2.45) is 11.8 Å². The molecule has 2 aromatic heterocycles. The summed E-state index contributed by atoms with van der Waals surface area (Å²) in [6, 6.07) is 50.9. The van der Waals surface area contributed by atoms with Gasteiger partial charge in [-0.05, 0) is 0 Å². The molecule has 0 spiro atoms. The van der Waals surface area contributed by atoms with Gasteiger partial charge < -0.3 is 24.8 Å². The number of para-hydroxylation sites is 4. The molecule has 274 valence electrons. The molecular weight excluding hydrogens is 906 g/mol. The van der Waals surface area contributed by atoms with Gasteiger partial charge in [0.15, 0.2) is 0 Å². The van der Waals surface area contributed by atoms with Gasteiger partial charge in [0, 0.05) is 0 Å². The van der Waals surface area contributed by atoms with Gasteiger partial charge in [0.2, 0.25) is 0 Å². The van der Waals surface area contributed by atoms with Crippen LogP contribution < -0.4 is 24.8 Å². The number of hydrogen-bond donors (Lipinski definition) is 0. The molecule has 0 radical (unpaired) electrons. The van der Waals surface area contributed by atoms with E-state index in [2.05, 4.69) is 168 Å². The minimum atomic E-state index is -2.58.